The zero-order valence-corrected chi connectivity index (χ0v) is 8.20. The van der Waals surface area contributed by atoms with Crippen molar-refractivity contribution >= 4 is 31.9 Å². The van der Waals surface area contributed by atoms with Crippen molar-refractivity contribution in [3.05, 3.63) is 0 Å². The summed E-state index contributed by atoms with van der Waals surface area (Å²) >= 11 is 6.66. The maximum atomic E-state index is 5.21. The number of rotatable bonds is 3. The molecule has 0 aliphatic carbocycles. The van der Waals surface area contributed by atoms with Crippen molar-refractivity contribution in [1.82, 2.24) is 0 Å². The summed E-state index contributed by atoms with van der Waals surface area (Å²) in [4.78, 5) is 0. The van der Waals surface area contributed by atoms with Crippen LogP contribution in [0.3, 0.4) is 0 Å². The first-order chi connectivity index (χ1) is 3.68. The van der Waals surface area contributed by atoms with Gasteiger partial charge in [0.05, 0.1) is 9.84 Å². The average molecular weight is 246 g/mol. The van der Waals surface area contributed by atoms with Gasteiger partial charge in [0.1, 0.15) is 0 Å². The molecule has 0 fully saturated rings. The predicted octanol–water partition coefficient (Wildman–Crippen LogP) is 2.53. The maximum Gasteiger partial charge on any atom is 0.0956 e. The van der Waals surface area contributed by atoms with Crippen molar-refractivity contribution in [2.24, 2.45) is 0 Å². The Labute approximate surface area is 67.0 Å². The first-order valence-corrected chi connectivity index (χ1v) is 4.41. The summed E-state index contributed by atoms with van der Waals surface area (Å²) in [6, 6.07) is 0. The lowest BCUT2D eigenvalue weighted by atomic mass is 10.5. The predicted molar refractivity (Wildman–Crippen MR) is 42.7 cm³/mol. The van der Waals surface area contributed by atoms with E-state index in [-0.39, 0.29) is 9.84 Å². The third kappa shape index (κ3) is 3.87. The van der Waals surface area contributed by atoms with Crippen molar-refractivity contribution in [2.45, 2.75) is 23.7 Å². The van der Waals surface area contributed by atoms with Crippen LogP contribution in [0.2, 0.25) is 0 Å². The Kier molecular flexibility index (Phi) is 5.31. The van der Waals surface area contributed by atoms with Crippen LogP contribution in [0, 0.1) is 0 Å². The fourth-order valence-corrected chi connectivity index (χ4v) is 0.641. The molecule has 0 aromatic carbocycles. The molecule has 0 amide bonds. The molecular formula is C5H10Br2O. The molecule has 0 saturated heterocycles. The van der Waals surface area contributed by atoms with E-state index in [1.165, 1.54) is 0 Å². The van der Waals surface area contributed by atoms with Crippen LogP contribution < -0.4 is 0 Å². The lowest BCUT2D eigenvalue weighted by molar-refractivity contribution is 0.0900. The Morgan fingerprint density at radius 1 is 1.50 bits per heavy atom. The molecular weight excluding hydrogens is 236 g/mol. The highest BCUT2D eigenvalue weighted by atomic mass is 79.9. The fourth-order valence-electron chi connectivity index (χ4n) is 0.336. The fraction of sp³-hybridized carbons (Fsp3) is 1.00. The number of hydrogen-bond donors (Lipinski definition) is 0. The van der Waals surface area contributed by atoms with E-state index in [1.807, 2.05) is 13.8 Å². The Balaban J connectivity index is 3.17. The molecule has 1 unspecified atom stereocenters. The molecule has 0 N–H and O–H groups in total. The van der Waals surface area contributed by atoms with Gasteiger partial charge in [-0.15, -0.1) is 0 Å². The molecule has 0 aromatic heterocycles. The number of ether oxygens (including phenoxy) is 1. The SMILES string of the molecule is CCOC(C)C(Br)Br. The lowest BCUT2D eigenvalue weighted by Gasteiger charge is -2.11. The maximum absolute atomic E-state index is 5.21. The monoisotopic (exact) mass is 244 g/mol. The number of alkyl halides is 2. The summed E-state index contributed by atoms with van der Waals surface area (Å²) < 4.78 is 5.48. The van der Waals surface area contributed by atoms with Crippen LogP contribution in [0.4, 0.5) is 0 Å². The zero-order chi connectivity index (χ0) is 6.57. The van der Waals surface area contributed by atoms with Crippen LogP contribution in [0.5, 0.6) is 0 Å². The van der Waals surface area contributed by atoms with Crippen LogP contribution in [0.1, 0.15) is 13.8 Å². The van der Waals surface area contributed by atoms with Crippen molar-refractivity contribution in [3.8, 4) is 0 Å². The summed E-state index contributed by atoms with van der Waals surface area (Å²) in [6.45, 7) is 4.77. The number of halogens is 2. The average Bonchev–Trinajstić information content (AvgIpc) is 1.67. The van der Waals surface area contributed by atoms with Crippen molar-refractivity contribution in [3.63, 3.8) is 0 Å². The Morgan fingerprint density at radius 3 is 2.12 bits per heavy atom. The minimum absolute atomic E-state index is 0.250. The van der Waals surface area contributed by atoms with E-state index >= 15 is 0 Å². The summed E-state index contributed by atoms with van der Waals surface area (Å²) in [7, 11) is 0. The highest BCUT2D eigenvalue weighted by Crippen LogP contribution is 2.14. The van der Waals surface area contributed by atoms with Crippen molar-refractivity contribution in [2.75, 3.05) is 6.61 Å². The van der Waals surface area contributed by atoms with E-state index in [4.69, 9.17) is 4.74 Å². The van der Waals surface area contributed by atoms with Gasteiger partial charge in [-0.25, -0.2) is 0 Å². The van der Waals surface area contributed by atoms with Crippen LogP contribution in [-0.4, -0.2) is 16.4 Å². The number of hydrogen-bond acceptors (Lipinski definition) is 1. The van der Waals surface area contributed by atoms with Gasteiger partial charge in [0.25, 0.3) is 0 Å². The molecule has 50 valence electrons. The van der Waals surface area contributed by atoms with Gasteiger partial charge < -0.3 is 4.74 Å². The largest absolute Gasteiger partial charge is 0.377 e. The molecule has 0 aromatic rings. The molecule has 1 nitrogen and oxygen atoms in total. The van der Waals surface area contributed by atoms with Gasteiger partial charge in [-0.05, 0) is 13.8 Å². The van der Waals surface area contributed by atoms with E-state index in [2.05, 4.69) is 31.9 Å². The molecule has 8 heavy (non-hydrogen) atoms. The van der Waals surface area contributed by atoms with E-state index < -0.39 is 0 Å². The quantitative estimate of drug-likeness (QED) is 0.695. The highest BCUT2D eigenvalue weighted by molar-refractivity contribution is 9.24. The van der Waals surface area contributed by atoms with Gasteiger partial charge in [0, 0.05) is 6.61 Å². The molecule has 1 atom stereocenters. The highest BCUT2D eigenvalue weighted by Gasteiger charge is 2.07. The first kappa shape index (κ1) is 8.92. The third-order valence-corrected chi connectivity index (χ3v) is 2.27. The second-order valence-electron chi connectivity index (χ2n) is 1.49. The minimum atomic E-state index is 0.250. The Morgan fingerprint density at radius 2 is 2.00 bits per heavy atom. The van der Waals surface area contributed by atoms with Crippen molar-refractivity contribution in [1.29, 1.82) is 0 Å². The van der Waals surface area contributed by atoms with E-state index in [0.717, 1.165) is 6.61 Å². The summed E-state index contributed by atoms with van der Waals surface area (Å²) in [5.41, 5.74) is 0. The summed E-state index contributed by atoms with van der Waals surface area (Å²) in [5.74, 6) is 0. The standard InChI is InChI=1S/C5H10Br2O/c1-3-8-4(2)5(6)7/h4-5H,3H2,1-2H3. The van der Waals surface area contributed by atoms with Gasteiger partial charge in [-0.2, -0.15) is 0 Å². The second-order valence-corrected chi connectivity index (χ2v) is 4.70. The topological polar surface area (TPSA) is 9.23 Å². The van der Waals surface area contributed by atoms with Gasteiger partial charge in [-0.3, -0.25) is 0 Å². The normalized spacial score (nSPS) is 14.6. The summed E-state index contributed by atoms with van der Waals surface area (Å²) in [6.07, 6.45) is 0.250. The molecule has 0 bridgehead atoms. The smallest absolute Gasteiger partial charge is 0.0956 e. The van der Waals surface area contributed by atoms with Crippen LogP contribution in [0.15, 0.2) is 0 Å². The molecule has 0 radical (unpaired) electrons. The van der Waals surface area contributed by atoms with Crippen LogP contribution >= 0.6 is 31.9 Å². The van der Waals surface area contributed by atoms with E-state index in [0.29, 0.717) is 0 Å². The van der Waals surface area contributed by atoms with Crippen LogP contribution in [-0.2, 0) is 4.74 Å². The first-order valence-electron chi connectivity index (χ1n) is 2.58. The zero-order valence-electron chi connectivity index (χ0n) is 5.03. The Hall–Kier alpha value is 0.920. The van der Waals surface area contributed by atoms with E-state index in [1.54, 1.807) is 0 Å². The molecule has 0 aliphatic heterocycles. The molecule has 0 heterocycles. The third-order valence-electron chi connectivity index (χ3n) is 0.784. The molecule has 0 rings (SSSR count). The molecule has 0 aliphatic rings. The van der Waals surface area contributed by atoms with Gasteiger partial charge >= 0.3 is 0 Å². The Bertz CT molecular complexity index is 56.4. The lowest BCUT2D eigenvalue weighted by Crippen LogP contribution is -2.14. The minimum Gasteiger partial charge on any atom is -0.377 e. The van der Waals surface area contributed by atoms with Gasteiger partial charge in [0.15, 0.2) is 0 Å². The van der Waals surface area contributed by atoms with Gasteiger partial charge in [0.2, 0.25) is 0 Å². The van der Waals surface area contributed by atoms with Crippen LogP contribution in [0.25, 0.3) is 0 Å². The van der Waals surface area contributed by atoms with Gasteiger partial charge in [-0.1, -0.05) is 31.9 Å². The molecule has 0 saturated carbocycles. The summed E-state index contributed by atoms with van der Waals surface area (Å²) in [5, 5.41) is 0. The second kappa shape index (κ2) is 4.77. The molecule has 0 spiro atoms. The van der Waals surface area contributed by atoms with E-state index in [9.17, 15) is 0 Å². The molecule has 3 heteroatoms. The van der Waals surface area contributed by atoms with Crippen molar-refractivity contribution < 1.29 is 4.74 Å².